The maximum Gasteiger partial charge on any atom is 0.193 e. The Hall–Kier alpha value is -2.90. The number of hydrogen-bond acceptors (Lipinski definition) is 5. The molecule has 6 nitrogen and oxygen atoms in total. The van der Waals surface area contributed by atoms with Crippen molar-refractivity contribution in [3.8, 4) is 28.3 Å². The number of aliphatic hydroxyl groups is 1. The zero-order chi connectivity index (χ0) is 21.7. The second-order valence-electron chi connectivity index (χ2n) is 8.15. The molecule has 2 saturated heterocycles. The van der Waals surface area contributed by atoms with Gasteiger partial charge in [0.15, 0.2) is 12.0 Å². The first kappa shape index (κ1) is 19.8. The number of aromatic nitrogens is 2. The molecule has 162 valence electrons. The monoisotopic (exact) mass is 448 g/mol. The molecule has 0 aliphatic carbocycles. The molecule has 0 radical (unpaired) electrons. The van der Waals surface area contributed by atoms with Gasteiger partial charge in [0, 0.05) is 11.6 Å². The Bertz CT molecular complexity index is 1260. The van der Waals surface area contributed by atoms with Crippen molar-refractivity contribution in [3.05, 3.63) is 71.8 Å². The van der Waals surface area contributed by atoms with Crippen LogP contribution in [0.3, 0.4) is 0 Å². The second-order valence-corrected chi connectivity index (χ2v) is 8.56. The molecule has 0 amide bonds. The molecule has 4 aromatic rings. The van der Waals surface area contributed by atoms with E-state index in [4.69, 9.17) is 30.8 Å². The van der Waals surface area contributed by atoms with Crippen molar-refractivity contribution in [2.45, 2.75) is 24.4 Å². The number of rotatable bonds is 4. The fourth-order valence-corrected chi connectivity index (χ4v) is 4.69. The molecule has 4 heterocycles. The molecule has 4 atom stereocenters. The van der Waals surface area contributed by atoms with E-state index in [1.54, 1.807) is 0 Å². The van der Waals surface area contributed by atoms with Crippen LogP contribution in [-0.4, -0.2) is 52.7 Å². The fourth-order valence-electron chi connectivity index (χ4n) is 4.43. The van der Waals surface area contributed by atoms with Crippen molar-refractivity contribution in [2.75, 3.05) is 13.2 Å². The van der Waals surface area contributed by atoms with Gasteiger partial charge in [0.05, 0.1) is 35.0 Å². The zero-order valence-corrected chi connectivity index (χ0v) is 17.8. The molecule has 32 heavy (non-hydrogen) atoms. The van der Waals surface area contributed by atoms with Crippen LogP contribution in [0.4, 0.5) is 0 Å². The Labute approximate surface area is 189 Å². The molecule has 0 saturated carbocycles. The zero-order valence-electron chi connectivity index (χ0n) is 17.1. The number of halogens is 1. The number of hydrogen-bond donors (Lipinski definition) is 2. The number of nitrogens with zero attached hydrogens (tertiary/aromatic N) is 1. The lowest BCUT2D eigenvalue weighted by Gasteiger charge is -2.16. The molecule has 2 aromatic heterocycles. The number of ether oxygens (including phenoxy) is 3. The summed E-state index contributed by atoms with van der Waals surface area (Å²) in [4.78, 5) is 8.00. The Kier molecular flexibility index (Phi) is 4.88. The maximum absolute atomic E-state index is 9.91. The SMILES string of the molecule is OC1COC2C(Oc3cc4nc(-c5ccc(-c6ccccc6)cc5)c(Cl)cc4[nH]3)COC12. The van der Waals surface area contributed by atoms with Gasteiger partial charge in [-0.25, -0.2) is 4.98 Å². The smallest absolute Gasteiger partial charge is 0.193 e. The van der Waals surface area contributed by atoms with Crippen LogP contribution in [0.25, 0.3) is 33.4 Å². The van der Waals surface area contributed by atoms with E-state index in [9.17, 15) is 5.11 Å². The number of benzene rings is 2. The molecule has 6 rings (SSSR count). The first-order valence-electron chi connectivity index (χ1n) is 10.6. The van der Waals surface area contributed by atoms with E-state index < -0.39 is 6.10 Å². The van der Waals surface area contributed by atoms with Gasteiger partial charge >= 0.3 is 0 Å². The van der Waals surface area contributed by atoms with Crippen molar-refractivity contribution in [1.82, 2.24) is 9.97 Å². The summed E-state index contributed by atoms with van der Waals surface area (Å²) >= 11 is 6.57. The predicted molar refractivity (Wildman–Crippen MR) is 122 cm³/mol. The highest BCUT2D eigenvalue weighted by Gasteiger charge is 2.48. The van der Waals surface area contributed by atoms with Crippen molar-refractivity contribution < 1.29 is 19.3 Å². The molecule has 2 N–H and O–H groups in total. The van der Waals surface area contributed by atoms with Crippen molar-refractivity contribution >= 4 is 22.6 Å². The minimum atomic E-state index is -0.604. The highest BCUT2D eigenvalue weighted by molar-refractivity contribution is 6.33. The van der Waals surface area contributed by atoms with Crippen molar-refractivity contribution in [2.24, 2.45) is 0 Å². The highest BCUT2D eigenvalue weighted by atomic mass is 35.5. The third-order valence-corrected chi connectivity index (χ3v) is 6.34. The predicted octanol–water partition coefficient (Wildman–Crippen LogP) is 4.46. The van der Waals surface area contributed by atoms with Crippen LogP contribution >= 0.6 is 11.6 Å². The molecule has 2 fully saturated rings. The summed E-state index contributed by atoms with van der Waals surface area (Å²) < 4.78 is 17.3. The number of aliphatic hydroxyl groups excluding tert-OH is 1. The number of aromatic amines is 1. The molecule has 0 spiro atoms. The number of nitrogens with one attached hydrogen (secondary N) is 1. The number of pyridine rings is 1. The van der Waals surface area contributed by atoms with E-state index in [2.05, 4.69) is 29.2 Å². The highest BCUT2D eigenvalue weighted by Crippen LogP contribution is 2.34. The van der Waals surface area contributed by atoms with Crippen LogP contribution in [0.2, 0.25) is 5.02 Å². The van der Waals surface area contributed by atoms with Crippen LogP contribution in [0.5, 0.6) is 5.88 Å². The summed E-state index contributed by atoms with van der Waals surface area (Å²) in [5.41, 5.74) is 5.52. The minimum Gasteiger partial charge on any atom is -0.470 e. The van der Waals surface area contributed by atoms with E-state index in [0.717, 1.165) is 33.4 Å². The van der Waals surface area contributed by atoms with Gasteiger partial charge in [-0.3, -0.25) is 0 Å². The normalized spacial score (nSPS) is 24.7. The fraction of sp³-hybridized carbons (Fsp3) is 0.240. The van der Waals surface area contributed by atoms with Gasteiger partial charge < -0.3 is 24.3 Å². The summed E-state index contributed by atoms with van der Waals surface area (Å²) in [7, 11) is 0. The molecule has 4 unspecified atom stereocenters. The van der Waals surface area contributed by atoms with Gasteiger partial charge in [0.25, 0.3) is 0 Å². The summed E-state index contributed by atoms with van der Waals surface area (Å²) in [5.74, 6) is 0.569. The molecule has 2 aliphatic heterocycles. The van der Waals surface area contributed by atoms with Crippen molar-refractivity contribution in [1.29, 1.82) is 0 Å². The first-order valence-corrected chi connectivity index (χ1v) is 11.0. The summed E-state index contributed by atoms with van der Waals surface area (Å²) in [5, 5.41) is 10.5. The summed E-state index contributed by atoms with van der Waals surface area (Å²) in [6.45, 7) is 0.639. The Morgan fingerprint density at radius 1 is 0.906 bits per heavy atom. The number of H-pyrrole nitrogens is 1. The first-order chi connectivity index (χ1) is 15.7. The molecular weight excluding hydrogens is 428 g/mol. The molecule has 2 aliphatic rings. The quantitative estimate of drug-likeness (QED) is 0.482. The molecule has 7 heteroatoms. The van der Waals surface area contributed by atoms with Crippen molar-refractivity contribution in [3.63, 3.8) is 0 Å². The van der Waals surface area contributed by atoms with Crippen LogP contribution in [-0.2, 0) is 9.47 Å². The van der Waals surface area contributed by atoms with Crippen LogP contribution in [0, 0.1) is 0 Å². The second kappa shape index (κ2) is 7.90. The molecule has 2 aromatic carbocycles. The van der Waals surface area contributed by atoms with Gasteiger partial charge in [-0.05, 0) is 17.2 Å². The Balaban J connectivity index is 1.26. The number of fused-ring (bicyclic) bond motifs is 2. The average Bonchev–Trinajstić information content (AvgIpc) is 3.51. The largest absolute Gasteiger partial charge is 0.470 e. The molecule has 0 bridgehead atoms. The topological polar surface area (TPSA) is 76.6 Å². The van der Waals surface area contributed by atoms with E-state index in [1.807, 2.05) is 42.5 Å². The average molecular weight is 449 g/mol. The van der Waals surface area contributed by atoms with Gasteiger partial charge in [0.2, 0.25) is 0 Å². The summed E-state index contributed by atoms with van der Waals surface area (Å²) in [6, 6.07) is 22.2. The maximum atomic E-state index is 9.91. The van der Waals surface area contributed by atoms with Gasteiger partial charge in [0.1, 0.15) is 18.3 Å². The third kappa shape index (κ3) is 3.45. The van der Waals surface area contributed by atoms with Gasteiger partial charge in [-0.15, -0.1) is 0 Å². The van der Waals surface area contributed by atoms with E-state index in [0.29, 0.717) is 17.5 Å². The van der Waals surface area contributed by atoms with Crippen LogP contribution < -0.4 is 4.74 Å². The lowest BCUT2D eigenvalue weighted by atomic mass is 10.0. The molecular formula is C25H21ClN2O4. The standard InChI is InChI=1S/C25H21ClN2O4/c26-17-10-18-19(11-22(27-18)32-21-13-31-24-20(29)12-30-25(21)24)28-23(17)16-8-6-15(7-9-16)14-4-2-1-3-5-14/h1-11,20-21,24-25,27,29H,12-13H2. The lowest BCUT2D eigenvalue weighted by Crippen LogP contribution is -2.34. The third-order valence-electron chi connectivity index (χ3n) is 6.06. The van der Waals surface area contributed by atoms with Crippen LogP contribution in [0.1, 0.15) is 0 Å². The van der Waals surface area contributed by atoms with Crippen LogP contribution in [0.15, 0.2) is 66.7 Å². The summed E-state index contributed by atoms with van der Waals surface area (Å²) in [6.07, 6.45) is -1.49. The minimum absolute atomic E-state index is 0.269. The van der Waals surface area contributed by atoms with Gasteiger partial charge in [-0.2, -0.15) is 0 Å². The van der Waals surface area contributed by atoms with Gasteiger partial charge in [-0.1, -0.05) is 66.2 Å². The lowest BCUT2D eigenvalue weighted by molar-refractivity contribution is 0.00794. The van der Waals surface area contributed by atoms with E-state index in [1.165, 1.54) is 0 Å². The van der Waals surface area contributed by atoms with E-state index in [-0.39, 0.29) is 24.9 Å². The van der Waals surface area contributed by atoms with E-state index >= 15 is 0 Å². The Morgan fingerprint density at radius 2 is 1.62 bits per heavy atom. The Morgan fingerprint density at radius 3 is 2.44 bits per heavy atom.